The molecule has 3 rings (SSSR count). The van der Waals surface area contributed by atoms with E-state index in [2.05, 4.69) is 4.72 Å². The van der Waals surface area contributed by atoms with Gasteiger partial charge in [-0.1, -0.05) is 30.3 Å². The Bertz CT molecular complexity index is 951. The van der Waals surface area contributed by atoms with Gasteiger partial charge in [0, 0.05) is 25.1 Å². The second kappa shape index (κ2) is 10.5. The maximum atomic E-state index is 12.3. The van der Waals surface area contributed by atoms with Crippen molar-refractivity contribution in [1.82, 2.24) is 4.72 Å². The molecule has 0 aliphatic carbocycles. The molecule has 7 nitrogen and oxygen atoms in total. The van der Waals surface area contributed by atoms with Gasteiger partial charge in [0.15, 0.2) is 5.78 Å². The van der Waals surface area contributed by atoms with Gasteiger partial charge in [0.25, 0.3) is 0 Å². The predicted molar refractivity (Wildman–Crippen MR) is 111 cm³/mol. The maximum absolute atomic E-state index is 12.3. The van der Waals surface area contributed by atoms with E-state index in [0.717, 1.165) is 12.8 Å². The average Bonchev–Trinajstić information content (AvgIpc) is 3.29. The lowest BCUT2D eigenvalue weighted by molar-refractivity contribution is 0.0494. The van der Waals surface area contributed by atoms with Gasteiger partial charge in [0.1, 0.15) is 0 Å². The van der Waals surface area contributed by atoms with Crippen molar-refractivity contribution in [2.75, 3.05) is 19.8 Å². The molecule has 1 aliphatic heterocycles. The van der Waals surface area contributed by atoms with Crippen molar-refractivity contribution in [1.29, 1.82) is 0 Å². The third kappa shape index (κ3) is 6.22. The number of carbonyl (C=O) groups excluding carboxylic acids is 2. The Morgan fingerprint density at radius 3 is 2.43 bits per heavy atom. The van der Waals surface area contributed by atoms with Crippen LogP contribution in [0.3, 0.4) is 0 Å². The summed E-state index contributed by atoms with van der Waals surface area (Å²) in [4.78, 5) is 24.2. The Hall–Kier alpha value is -2.55. The summed E-state index contributed by atoms with van der Waals surface area (Å²) in [5.74, 6) is -0.560. The topological polar surface area (TPSA) is 98.8 Å². The van der Waals surface area contributed by atoms with E-state index in [1.165, 1.54) is 24.3 Å². The van der Waals surface area contributed by atoms with Crippen LogP contribution in [-0.2, 0) is 19.5 Å². The molecule has 1 aliphatic rings. The number of ketones is 1. The molecule has 1 fully saturated rings. The van der Waals surface area contributed by atoms with Gasteiger partial charge >= 0.3 is 5.97 Å². The molecule has 0 saturated carbocycles. The van der Waals surface area contributed by atoms with Gasteiger partial charge in [-0.15, -0.1) is 0 Å². The fourth-order valence-electron chi connectivity index (χ4n) is 3.11. The number of ether oxygens (including phenoxy) is 2. The Morgan fingerprint density at radius 2 is 1.77 bits per heavy atom. The Kier molecular flexibility index (Phi) is 7.73. The number of benzene rings is 2. The molecule has 0 aromatic heterocycles. The molecule has 0 radical (unpaired) electrons. The zero-order valence-corrected chi connectivity index (χ0v) is 17.4. The highest BCUT2D eigenvalue weighted by Crippen LogP contribution is 2.15. The lowest BCUT2D eigenvalue weighted by Gasteiger charge is -2.11. The van der Waals surface area contributed by atoms with Crippen molar-refractivity contribution in [3.05, 3.63) is 65.7 Å². The number of esters is 1. The molecule has 1 heterocycles. The van der Waals surface area contributed by atoms with E-state index in [4.69, 9.17) is 9.47 Å². The molecule has 0 spiro atoms. The summed E-state index contributed by atoms with van der Waals surface area (Å²) in [6, 6.07) is 14.5. The Labute approximate surface area is 176 Å². The number of rotatable bonds is 10. The van der Waals surface area contributed by atoms with Gasteiger partial charge in [-0.25, -0.2) is 17.9 Å². The molecule has 0 amide bonds. The lowest BCUT2D eigenvalue weighted by Crippen LogP contribution is -2.31. The summed E-state index contributed by atoms with van der Waals surface area (Å²) in [5, 5.41) is 0. The average molecular weight is 432 g/mol. The summed E-state index contributed by atoms with van der Waals surface area (Å²) in [5.41, 5.74) is 0.885. The van der Waals surface area contributed by atoms with Crippen LogP contribution in [0, 0.1) is 0 Å². The van der Waals surface area contributed by atoms with Crippen molar-refractivity contribution in [2.24, 2.45) is 0 Å². The molecular formula is C22H25NO6S. The molecule has 160 valence electrons. The molecule has 0 bridgehead atoms. The first-order chi connectivity index (χ1) is 14.5. The summed E-state index contributed by atoms with van der Waals surface area (Å²) >= 11 is 0. The van der Waals surface area contributed by atoms with Crippen LogP contribution in [-0.4, -0.2) is 46.0 Å². The third-order valence-electron chi connectivity index (χ3n) is 4.80. The SMILES string of the molecule is O=C(CCCOC(=O)c1ccc(S(=O)(=O)NCC2CCCO2)cc1)c1ccccc1. The van der Waals surface area contributed by atoms with Crippen LogP contribution >= 0.6 is 0 Å². The minimum Gasteiger partial charge on any atom is -0.462 e. The van der Waals surface area contributed by atoms with Crippen molar-refractivity contribution in [3.63, 3.8) is 0 Å². The number of hydrogen-bond donors (Lipinski definition) is 1. The van der Waals surface area contributed by atoms with Gasteiger partial charge in [-0.3, -0.25) is 4.79 Å². The molecule has 30 heavy (non-hydrogen) atoms. The van der Waals surface area contributed by atoms with E-state index in [1.54, 1.807) is 24.3 Å². The second-order valence-corrected chi connectivity index (χ2v) is 8.81. The summed E-state index contributed by atoms with van der Waals surface area (Å²) in [7, 11) is -3.67. The van der Waals surface area contributed by atoms with Crippen molar-refractivity contribution in [2.45, 2.75) is 36.7 Å². The lowest BCUT2D eigenvalue weighted by atomic mass is 10.1. The van der Waals surface area contributed by atoms with Crippen LogP contribution in [0.2, 0.25) is 0 Å². The monoisotopic (exact) mass is 431 g/mol. The minimum absolute atomic E-state index is 0.00304. The van der Waals surface area contributed by atoms with E-state index in [9.17, 15) is 18.0 Å². The Balaban J connectivity index is 1.44. The highest BCUT2D eigenvalue weighted by molar-refractivity contribution is 7.89. The van der Waals surface area contributed by atoms with Gasteiger partial charge in [-0.2, -0.15) is 0 Å². The van der Waals surface area contributed by atoms with Crippen LogP contribution < -0.4 is 4.72 Å². The van der Waals surface area contributed by atoms with Crippen molar-refractivity contribution < 1.29 is 27.5 Å². The molecular weight excluding hydrogens is 406 g/mol. The largest absolute Gasteiger partial charge is 0.462 e. The van der Waals surface area contributed by atoms with E-state index >= 15 is 0 Å². The molecule has 1 saturated heterocycles. The zero-order chi connectivity index (χ0) is 21.4. The van der Waals surface area contributed by atoms with E-state index in [0.29, 0.717) is 18.6 Å². The number of nitrogens with one attached hydrogen (secondary N) is 1. The molecule has 2 aromatic rings. The van der Waals surface area contributed by atoms with Crippen LogP contribution in [0.15, 0.2) is 59.5 Å². The van der Waals surface area contributed by atoms with Crippen molar-refractivity contribution in [3.8, 4) is 0 Å². The molecule has 1 unspecified atom stereocenters. The van der Waals surface area contributed by atoms with Gasteiger partial charge < -0.3 is 9.47 Å². The molecule has 1 N–H and O–H groups in total. The van der Waals surface area contributed by atoms with Gasteiger partial charge in [-0.05, 0) is 43.5 Å². The first kappa shape index (κ1) is 22.1. The third-order valence-corrected chi connectivity index (χ3v) is 6.24. The fourth-order valence-corrected chi connectivity index (χ4v) is 4.18. The summed E-state index contributed by atoms with van der Waals surface area (Å²) < 4.78 is 37.8. The standard InChI is InChI=1S/C22H25NO6S/c24-21(17-6-2-1-3-7-17)9-5-15-29-22(25)18-10-12-20(13-11-18)30(26,27)23-16-19-8-4-14-28-19/h1-3,6-7,10-13,19,23H,4-5,8-9,14-16H2. The smallest absolute Gasteiger partial charge is 0.338 e. The first-order valence-corrected chi connectivity index (χ1v) is 11.4. The minimum atomic E-state index is -3.67. The number of hydrogen-bond acceptors (Lipinski definition) is 6. The highest BCUT2D eigenvalue weighted by atomic mass is 32.2. The normalized spacial score (nSPS) is 16.3. The van der Waals surface area contributed by atoms with Crippen LogP contribution in [0.4, 0.5) is 0 Å². The van der Waals surface area contributed by atoms with Gasteiger partial charge in [0.2, 0.25) is 10.0 Å². The highest BCUT2D eigenvalue weighted by Gasteiger charge is 2.20. The molecule has 2 aromatic carbocycles. The zero-order valence-electron chi connectivity index (χ0n) is 16.6. The molecule has 1 atom stereocenters. The number of sulfonamides is 1. The maximum Gasteiger partial charge on any atom is 0.338 e. The first-order valence-electron chi connectivity index (χ1n) is 9.92. The predicted octanol–water partition coefficient (Wildman–Crippen LogP) is 2.96. The van der Waals surface area contributed by atoms with Gasteiger partial charge in [0.05, 0.1) is 23.2 Å². The van der Waals surface area contributed by atoms with E-state index in [-0.39, 0.29) is 41.9 Å². The fraction of sp³-hybridized carbons (Fsp3) is 0.364. The van der Waals surface area contributed by atoms with Crippen LogP contribution in [0.25, 0.3) is 0 Å². The van der Waals surface area contributed by atoms with Crippen molar-refractivity contribution >= 4 is 21.8 Å². The number of Topliss-reactive ketones (excluding diaryl/α,β-unsaturated/α-hetero) is 1. The quantitative estimate of drug-likeness (QED) is 0.353. The summed E-state index contributed by atoms with van der Waals surface area (Å²) in [6.07, 6.45) is 2.38. The van der Waals surface area contributed by atoms with E-state index in [1.807, 2.05) is 6.07 Å². The second-order valence-electron chi connectivity index (χ2n) is 7.04. The number of carbonyl (C=O) groups is 2. The van der Waals surface area contributed by atoms with E-state index < -0.39 is 16.0 Å². The summed E-state index contributed by atoms with van der Waals surface area (Å²) in [6.45, 7) is 0.998. The Morgan fingerprint density at radius 1 is 1.03 bits per heavy atom. The van der Waals surface area contributed by atoms with Crippen LogP contribution in [0.5, 0.6) is 0 Å². The van der Waals surface area contributed by atoms with Crippen LogP contribution in [0.1, 0.15) is 46.4 Å². The molecule has 8 heteroatoms.